The van der Waals surface area contributed by atoms with Crippen molar-refractivity contribution in [2.45, 2.75) is 0 Å². The molecule has 0 bridgehead atoms. The van der Waals surface area contributed by atoms with Gasteiger partial charge < -0.3 is 0 Å². The number of carbonyl (C=O) groups is 2. The fraction of sp³-hybridized carbons (Fsp3) is 0. The number of non-ortho nitro benzene ring substituents is 1. The minimum absolute atomic E-state index is 0.0119. The van der Waals surface area contributed by atoms with Crippen LogP contribution in [0.3, 0.4) is 0 Å². The number of allylic oxidation sites excluding steroid dienone is 1. The molecule has 0 N–H and O–H groups in total. The van der Waals surface area contributed by atoms with Gasteiger partial charge in [0.1, 0.15) is 0 Å². The van der Waals surface area contributed by atoms with Gasteiger partial charge in [-0.05, 0) is 35.9 Å². The molecule has 6 nitrogen and oxygen atoms in total. The summed E-state index contributed by atoms with van der Waals surface area (Å²) >= 11 is 0. The maximum absolute atomic E-state index is 11.8. The molecule has 100 valence electrons. The summed E-state index contributed by atoms with van der Waals surface area (Å²) < 4.78 is 1.22. The van der Waals surface area contributed by atoms with Crippen LogP contribution in [0.4, 0.5) is 5.69 Å². The summed E-state index contributed by atoms with van der Waals surface area (Å²) in [6.45, 7) is 0. The molecule has 0 aliphatic heterocycles. The number of nitrogens with zero attached hydrogens (tertiary/aromatic N) is 2. The summed E-state index contributed by atoms with van der Waals surface area (Å²) in [7, 11) is 0. The van der Waals surface area contributed by atoms with E-state index in [0.717, 1.165) is 0 Å². The van der Waals surface area contributed by atoms with Crippen LogP contribution in [0.1, 0.15) is 20.8 Å². The quantitative estimate of drug-likeness (QED) is 0.370. The summed E-state index contributed by atoms with van der Waals surface area (Å²) in [5.74, 6) is -0.365. The summed E-state index contributed by atoms with van der Waals surface area (Å²) in [6, 6.07) is 8.93. The van der Waals surface area contributed by atoms with Crippen molar-refractivity contribution in [2.75, 3.05) is 0 Å². The van der Waals surface area contributed by atoms with Crippen molar-refractivity contribution in [3.63, 3.8) is 0 Å². The first-order valence-electron chi connectivity index (χ1n) is 5.71. The molecule has 1 aromatic heterocycles. The summed E-state index contributed by atoms with van der Waals surface area (Å²) in [5, 5.41) is 10.5. The van der Waals surface area contributed by atoms with Gasteiger partial charge in [-0.25, -0.2) is 0 Å². The monoisotopic (exact) mass is 270 g/mol. The Labute approximate surface area is 114 Å². The number of benzene rings is 1. The first-order valence-corrected chi connectivity index (χ1v) is 5.71. The average molecular weight is 270 g/mol. The van der Waals surface area contributed by atoms with Crippen LogP contribution in [0.25, 0.3) is 6.08 Å². The number of nitro groups is 1. The minimum atomic E-state index is -0.491. The van der Waals surface area contributed by atoms with E-state index in [9.17, 15) is 19.7 Å². The highest BCUT2D eigenvalue weighted by atomic mass is 16.6. The highest BCUT2D eigenvalue weighted by molar-refractivity contribution is 5.96. The molecule has 1 aromatic carbocycles. The molecular weight excluding hydrogens is 260 g/mol. The lowest BCUT2D eigenvalue weighted by Gasteiger charge is -1.98. The van der Waals surface area contributed by atoms with Gasteiger partial charge in [0.2, 0.25) is 0 Å². The van der Waals surface area contributed by atoms with Gasteiger partial charge in [-0.1, -0.05) is 0 Å². The molecule has 2 rings (SSSR count). The van der Waals surface area contributed by atoms with Crippen molar-refractivity contribution in [1.29, 1.82) is 0 Å². The fourth-order valence-electron chi connectivity index (χ4n) is 1.65. The maximum Gasteiger partial charge on any atom is 0.269 e. The predicted molar refractivity (Wildman–Crippen MR) is 72.6 cm³/mol. The first kappa shape index (κ1) is 13.4. The van der Waals surface area contributed by atoms with Crippen molar-refractivity contribution in [3.05, 3.63) is 70.0 Å². The number of aldehydes is 1. The number of carbonyl (C=O) groups excluding carboxylic acids is 2. The van der Waals surface area contributed by atoms with Gasteiger partial charge >= 0.3 is 0 Å². The minimum Gasteiger partial charge on any atom is -0.296 e. The number of rotatable bonds is 4. The van der Waals surface area contributed by atoms with Crippen molar-refractivity contribution >= 4 is 24.0 Å². The number of hydrogen-bond acceptors (Lipinski definition) is 4. The molecule has 0 aliphatic carbocycles. The van der Waals surface area contributed by atoms with Gasteiger partial charge in [-0.2, -0.15) is 0 Å². The second-order valence-electron chi connectivity index (χ2n) is 3.94. The molecule has 0 aliphatic rings. The van der Waals surface area contributed by atoms with Crippen molar-refractivity contribution in [2.24, 2.45) is 0 Å². The molecular formula is C14H10N2O4. The van der Waals surface area contributed by atoms with E-state index in [2.05, 4.69) is 0 Å². The molecule has 0 unspecified atom stereocenters. The molecule has 0 amide bonds. The smallest absolute Gasteiger partial charge is 0.269 e. The third kappa shape index (κ3) is 2.86. The van der Waals surface area contributed by atoms with Gasteiger partial charge in [0.15, 0.2) is 6.29 Å². The van der Waals surface area contributed by atoms with Crippen LogP contribution in [0.5, 0.6) is 0 Å². The van der Waals surface area contributed by atoms with E-state index in [1.165, 1.54) is 53.2 Å². The molecule has 2 aromatic rings. The van der Waals surface area contributed by atoms with E-state index in [1.807, 2.05) is 0 Å². The molecule has 0 saturated heterocycles. The van der Waals surface area contributed by atoms with E-state index in [1.54, 1.807) is 6.07 Å². The Hall–Kier alpha value is -3.02. The second kappa shape index (κ2) is 5.75. The highest BCUT2D eigenvalue weighted by Gasteiger charge is 2.05. The predicted octanol–water partition coefficient (Wildman–Crippen LogP) is 2.56. The molecule has 0 fully saturated rings. The number of aromatic nitrogens is 1. The number of hydrogen-bond donors (Lipinski definition) is 0. The molecule has 0 radical (unpaired) electrons. The average Bonchev–Trinajstić information content (AvgIpc) is 2.93. The second-order valence-corrected chi connectivity index (χ2v) is 3.94. The Morgan fingerprint density at radius 2 is 1.90 bits per heavy atom. The van der Waals surface area contributed by atoms with Crippen LogP contribution in [0, 0.1) is 10.1 Å². The zero-order chi connectivity index (χ0) is 14.5. The third-order valence-electron chi connectivity index (χ3n) is 2.66. The lowest BCUT2D eigenvalue weighted by Crippen LogP contribution is -2.08. The van der Waals surface area contributed by atoms with Gasteiger partial charge in [0, 0.05) is 24.4 Å². The Balaban J connectivity index is 2.15. The topological polar surface area (TPSA) is 82.2 Å². The van der Waals surface area contributed by atoms with Crippen LogP contribution < -0.4 is 0 Å². The molecule has 0 saturated carbocycles. The normalized spacial score (nSPS) is 10.6. The largest absolute Gasteiger partial charge is 0.296 e. The van der Waals surface area contributed by atoms with Gasteiger partial charge in [-0.15, -0.1) is 0 Å². The van der Waals surface area contributed by atoms with Crippen LogP contribution in [0.15, 0.2) is 48.7 Å². The number of nitro benzene ring substituents is 1. The van der Waals surface area contributed by atoms with Crippen molar-refractivity contribution in [1.82, 2.24) is 4.57 Å². The van der Waals surface area contributed by atoms with Crippen LogP contribution in [-0.4, -0.2) is 21.7 Å². The Morgan fingerprint density at radius 3 is 2.50 bits per heavy atom. The third-order valence-corrected chi connectivity index (χ3v) is 2.66. The lowest BCUT2D eigenvalue weighted by atomic mass is 10.2. The van der Waals surface area contributed by atoms with E-state index in [-0.39, 0.29) is 17.3 Å². The van der Waals surface area contributed by atoms with Crippen LogP contribution >= 0.6 is 0 Å². The zero-order valence-corrected chi connectivity index (χ0v) is 10.3. The summed E-state index contributed by atoms with van der Waals surface area (Å²) in [5.41, 5.74) is 0.911. The van der Waals surface area contributed by atoms with Crippen molar-refractivity contribution < 1.29 is 14.5 Å². The van der Waals surface area contributed by atoms with Crippen LogP contribution in [0.2, 0.25) is 0 Å². The molecule has 1 heterocycles. The van der Waals surface area contributed by atoms with E-state index < -0.39 is 4.92 Å². The lowest BCUT2D eigenvalue weighted by molar-refractivity contribution is -0.384. The van der Waals surface area contributed by atoms with Crippen LogP contribution in [-0.2, 0) is 0 Å². The summed E-state index contributed by atoms with van der Waals surface area (Å²) in [6.07, 6.45) is 4.92. The Kier molecular flexibility index (Phi) is 3.85. The van der Waals surface area contributed by atoms with Crippen molar-refractivity contribution in [3.8, 4) is 0 Å². The van der Waals surface area contributed by atoms with E-state index >= 15 is 0 Å². The Bertz CT molecular complexity index is 683. The fourth-order valence-corrected chi connectivity index (χ4v) is 1.65. The first-order chi connectivity index (χ1) is 9.61. The highest BCUT2D eigenvalue weighted by Crippen LogP contribution is 2.13. The van der Waals surface area contributed by atoms with E-state index in [4.69, 9.17) is 0 Å². The Morgan fingerprint density at radius 1 is 1.20 bits per heavy atom. The SMILES string of the molecule is O=Cc1cccn1C(=O)/C=C/c1ccc([N+](=O)[O-])cc1. The van der Waals surface area contributed by atoms with E-state index in [0.29, 0.717) is 11.8 Å². The summed E-state index contributed by atoms with van der Waals surface area (Å²) in [4.78, 5) is 32.6. The molecule has 0 atom stereocenters. The standard InChI is InChI=1S/C14H10N2O4/c17-10-13-2-1-9-15(13)14(18)8-5-11-3-6-12(7-4-11)16(19)20/h1-10H/b8-5+. The van der Waals surface area contributed by atoms with Gasteiger partial charge in [-0.3, -0.25) is 24.3 Å². The maximum atomic E-state index is 11.8. The molecule has 0 spiro atoms. The zero-order valence-electron chi connectivity index (χ0n) is 10.3. The molecule has 20 heavy (non-hydrogen) atoms. The van der Waals surface area contributed by atoms with Gasteiger partial charge in [0.05, 0.1) is 10.6 Å². The molecule has 6 heteroatoms. The van der Waals surface area contributed by atoms with Gasteiger partial charge in [0.25, 0.3) is 11.6 Å².